The van der Waals surface area contributed by atoms with Crippen LogP contribution in [0.5, 0.6) is 0 Å². The molecule has 4 aromatic carbocycles. The number of para-hydroxylation sites is 1. The number of nitrogens with one attached hydrogen (secondary N) is 3. The molecule has 0 spiro atoms. The van der Waals surface area contributed by atoms with Crippen LogP contribution in [0.25, 0.3) is 38.5 Å². The minimum atomic E-state index is -0.703. The zero-order chi connectivity index (χ0) is 40.9. The van der Waals surface area contributed by atoms with Crippen LogP contribution in [-0.2, 0) is 31.9 Å². The molecule has 0 aliphatic carbocycles. The van der Waals surface area contributed by atoms with Crippen molar-refractivity contribution in [1.29, 1.82) is 0 Å². The van der Waals surface area contributed by atoms with Crippen molar-refractivity contribution >= 4 is 62.8 Å². The van der Waals surface area contributed by atoms with E-state index in [-0.39, 0.29) is 29.8 Å². The molecule has 1 fully saturated rings. The molecule has 1 aromatic heterocycles. The number of imidazole rings is 1. The fraction of sp³-hybridized carbons (Fsp3) is 0.348. The van der Waals surface area contributed by atoms with Crippen LogP contribution in [0.3, 0.4) is 0 Å². The standard InChI is InChI=1S/C46H47N7O6/c1-25(2)40(51-46(57)59-4)44(55)52-18-6-9-38(52)37-22-33(24-47-37)30-13-12-27-19-29(11-10-28(27)20-30)31-15-16-34-36(21-31)49-42(48-34)39-23-32-8-5-7-26-14-17-35(50-45(56)58-3)43(54)53(39)41(26)32/h5,7-8,10-13,15-16,19-21,24-25,35,38-40H,6,9,14,17-18,22-23H2,1-4H3,(H,48,49)(H,50,56)(H,51,57)/t35-,38-,39-,40-/m0/s1. The zero-order valence-corrected chi connectivity index (χ0v) is 33.6. The van der Waals surface area contributed by atoms with Gasteiger partial charge in [0.25, 0.3) is 0 Å². The quantitative estimate of drug-likeness (QED) is 0.149. The highest BCUT2D eigenvalue weighted by Crippen LogP contribution is 2.45. The highest BCUT2D eigenvalue weighted by molar-refractivity contribution is 6.05. The van der Waals surface area contributed by atoms with E-state index < -0.39 is 24.3 Å². The summed E-state index contributed by atoms with van der Waals surface area (Å²) in [6.45, 7) is 4.47. The Balaban J connectivity index is 0.914. The second-order valence-corrected chi connectivity index (χ2v) is 16.2. The van der Waals surface area contributed by atoms with E-state index in [2.05, 4.69) is 76.3 Å². The average molecular weight is 794 g/mol. The fourth-order valence-corrected chi connectivity index (χ4v) is 9.26. The Morgan fingerprint density at radius 1 is 0.864 bits per heavy atom. The topological polar surface area (TPSA) is 158 Å². The van der Waals surface area contributed by atoms with Gasteiger partial charge in [0.05, 0.1) is 43.0 Å². The van der Waals surface area contributed by atoms with E-state index in [0.717, 1.165) is 79.4 Å². The number of fused-ring (bicyclic) bond motifs is 2. The fourth-order valence-electron chi connectivity index (χ4n) is 9.26. The minimum Gasteiger partial charge on any atom is -0.453 e. The predicted molar refractivity (Wildman–Crippen MR) is 226 cm³/mol. The molecule has 302 valence electrons. The zero-order valence-electron chi connectivity index (χ0n) is 33.6. The second-order valence-electron chi connectivity index (χ2n) is 16.2. The van der Waals surface area contributed by atoms with Gasteiger partial charge in [-0.2, -0.15) is 0 Å². The van der Waals surface area contributed by atoms with Gasteiger partial charge in [-0.3, -0.25) is 19.5 Å². The molecule has 0 radical (unpaired) electrons. The highest BCUT2D eigenvalue weighted by atomic mass is 16.5. The first kappa shape index (κ1) is 38.0. The summed E-state index contributed by atoms with van der Waals surface area (Å²) in [5.74, 6) is 0.343. The summed E-state index contributed by atoms with van der Waals surface area (Å²) in [4.78, 5) is 68.9. The van der Waals surface area contributed by atoms with Crippen molar-refractivity contribution in [3.05, 3.63) is 102 Å². The Morgan fingerprint density at radius 3 is 2.37 bits per heavy atom. The lowest BCUT2D eigenvalue weighted by Crippen LogP contribution is -2.53. The van der Waals surface area contributed by atoms with Crippen LogP contribution in [0.15, 0.2) is 84.0 Å². The molecule has 0 unspecified atom stereocenters. The van der Waals surface area contributed by atoms with Gasteiger partial charge in [-0.25, -0.2) is 14.6 Å². The molecule has 4 aliphatic rings. The summed E-state index contributed by atoms with van der Waals surface area (Å²) in [6, 6.07) is 23.5. The van der Waals surface area contributed by atoms with Crippen LogP contribution in [0.4, 0.5) is 15.3 Å². The van der Waals surface area contributed by atoms with Crippen LogP contribution in [0.2, 0.25) is 0 Å². The maximum Gasteiger partial charge on any atom is 0.407 e. The number of rotatable bonds is 8. The lowest BCUT2D eigenvalue weighted by molar-refractivity contribution is -0.134. The number of anilines is 1. The Bertz CT molecular complexity index is 2590. The van der Waals surface area contributed by atoms with Gasteiger partial charge in [0.15, 0.2) is 0 Å². The Hall–Kier alpha value is -6.50. The smallest absolute Gasteiger partial charge is 0.407 e. The number of methoxy groups -OCH3 is 2. The minimum absolute atomic E-state index is 0.0905. The second kappa shape index (κ2) is 15.3. The first-order valence-electron chi connectivity index (χ1n) is 20.3. The van der Waals surface area contributed by atoms with Crippen molar-refractivity contribution in [1.82, 2.24) is 25.5 Å². The normalized spacial score (nSPS) is 20.4. The number of carbonyl (C=O) groups is 4. The van der Waals surface area contributed by atoms with Gasteiger partial charge in [0.2, 0.25) is 11.8 Å². The van der Waals surface area contributed by atoms with Gasteiger partial charge in [-0.15, -0.1) is 0 Å². The van der Waals surface area contributed by atoms with Crippen molar-refractivity contribution in [2.24, 2.45) is 10.9 Å². The molecule has 9 rings (SSSR count). The van der Waals surface area contributed by atoms with Crippen LogP contribution in [0.1, 0.15) is 68.1 Å². The number of likely N-dealkylation sites (tertiary alicyclic amines) is 1. The van der Waals surface area contributed by atoms with Crippen molar-refractivity contribution in [3.8, 4) is 11.1 Å². The van der Waals surface area contributed by atoms with Gasteiger partial charge in [-0.05, 0) is 100 Å². The third-order valence-electron chi connectivity index (χ3n) is 12.3. The molecule has 3 N–H and O–H groups in total. The molecule has 13 heteroatoms. The van der Waals surface area contributed by atoms with Crippen molar-refractivity contribution in [2.45, 2.75) is 76.5 Å². The summed E-state index contributed by atoms with van der Waals surface area (Å²) < 4.78 is 9.62. The van der Waals surface area contributed by atoms with Crippen LogP contribution < -0.4 is 15.5 Å². The van der Waals surface area contributed by atoms with E-state index in [0.29, 0.717) is 38.1 Å². The van der Waals surface area contributed by atoms with Gasteiger partial charge < -0.3 is 30.0 Å². The molecule has 13 nitrogen and oxygen atoms in total. The molecule has 5 heterocycles. The summed E-state index contributed by atoms with van der Waals surface area (Å²) >= 11 is 0. The Morgan fingerprint density at radius 2 is 1.59 bits per heavy atom. The number of aromatic nitrogens is 2. The highest BCUT2D eigenvalue weighted by Gasteiger charge is 2.43. The number of allylic oxidation sites excluding steroid dienone is 1. The predicted octanol–water partition coefficient (Wildman–Crippen LogP) is 7.24. The molecule has 0 bridgehead atoms. The molecule has 4 aliphatic heterocycles. The van der Waals surface area contributed by atoms with Crippen LogP contribution in [0, 0.1) is 5.92 Å². The van der Waals surface area contributed by atoms with E-state index >= 15 is 0 Å². The van der Waals surface area contributed by atoms with Crippen molar-refractivity contribution in [2.75, 3.05) is 25.7 Å². The number of ether oxygens (including phenoxy) is 2. The summed E-state index contributed by atoms with van der Waals surface area (Å²) in [7, 11) is 2.60. The molecular weight excluding hydrogens is 747 g/mol. The third kappa shape index (κ3) is 6.98. The van der Waals surface area contributed by atoms with Gasteiger partial charge in [0, 0.05) is 31.3 Å². The largest absolute Gasteiger partial charge is 0.453 e. The summed E-state index contributed by atoms with van der Waals surface area (Å²) in [5, 5.41) is 7.69. The van der Waals surface area contributed by atoms with E-state index in [9.17, 15) is 19.2 Å². The van der Waals surface area contributed by atoms with Crippen LogP contribution in [-0.4, -0.2) is 83.5 Å². The van der Waals surface area contributed by atoms with Crippen molar-refractivity contribution in [3.63, 3.8) is 0 Å². The molecular formula is C46H47N7O6. The molecule has 5 aromatic rings. The Labute approximate surface area is 341 Å². The number of H-pyrrole nitrogens is 1. The van der Waals surface area contributed by atoms with E-state index in [1.165, 1.54) is 14.2 Å². The number of benzene rings is 4. The molecule has 4 atom stereocenters. The number of nitrogens with zero attached hydrogens (tertiary/aromatic N) is 4. The van der Waals surface area contributed by atoms with Crippen molar-refractivity contribution < 1.29 is 28.7 Å². The van der Waals surface area contributed by atoms with E-state index in [1.54, 1.807) is 0 Å². The maximum absolute atomic E-state index is 14.0. The van der Waals surface area contributed by atoms with Gasteiger partial charge in [-0.1, -0.05) is 62.4 Å². The Kier molecular flexibility index (Phi) is 9.90. The first-order valence-corrected chi connectivity index (χ1v) is 20.3. The van der Waals surface area contributed by atoms with E-state index in [1.807, 2.05) is 42.0 Å². The number of carbonyl (C=O) groups excluding carboxylic acids is 4. The molecule has 4 amide bonds. The molecule has 59 heavy (non-hydrogen) atoms. The number of aromatic amines is 1. The number of alkyl carbamates (subject to hydrolysis) is 2. The SMILES string of the molecule is COC(=O)N[C@H]1CCc2cccc3c2N(C1=O)[C@H](c1nc2ccc(-c4ccc5cc(C6=CN=C([C@@H]7CCCN7C(=O)[C@@H](NC(=O)OC)C(C)C)C6)ccc5c4)cc2[nH]1)C3. The van der Waals surface area contributed by atoms with Gasteiger partial charge in [0.1, 0.15) is 17.9 Å². The van der Waals surface area contributed by atoms with Crippen LogP contribution >= 0.6 is 0 Å². The number of hydrogen-bond donors (Lipinski definition) is 3. The number of hydrogen-bond acceptors (Lipinski definition) is 8. The third-order valence-corrected chi connectivity index (χ3v) is 12.3. The number of aliphatic imine (C=N–C) groups is 1. The number of amides is 4. The lowest BCUT2D eigenvalue weighted by Gasteiger charge is -2.31. The monoisotopic (exact) mass is 793 g/mol. The van der Waals surface area contributed by atoms with Gasteiger partial charge >= 0.3 is 12.2 Å². The summed E-state index contributed by atoms with van der Waals surface area (Å²) in [5.41, 5.74) is 10.1. The number of aryl methyl sites for hydroxylation is 1. The molecule has 0 saturated carbocycles. The maximum atomic E-state index is 14.0. The first-order chi connectivity index (χ1) is 28.6. The van der Waals surface area contributed by atoms with E-state index in [4.69, 9.17) is 19.5 Å². The summed E-state index contributed by atoms with van der Waals surface area (Å²) in [6.07, 6.45) is 4.84. The lowest BCUT2D eigenvalue weighted by atomic mass is 9.95. The average Bonchev–Trinajstić information content (AvgIpc) is 4.07. The molecule has 1 saturated heterocycles.